The second-order valence-corrected chi connectivity index (χ2v) is 13.7. The third-order valence-electron chi connectivity index (χ3n) is 3.89. The fourth-order valence-electron chi connectivity index (χ4n) is 2.72. The molecule has 0 unspecified atom stereocenters. The lowest BCUT2D eigenvalue weighted by molar-refractivity contribution is 0.687. The molecule has 1 aromatic rings. The Kier molecular flexibility index (Phi) is 7.79. The fraction of sp³-hybridized carbons (Fsp3) is 0.875. The second-order valence-electron chi connectivity index (χ2n) is 6.95. The lowest BCUT2D eigenvalue weighted by Crippen LogP contribution is -2.10. The Balaban J connectivity index is 2.72. The summed E-state index contributed by atoms with van der Waals surface area (Å²) >= 11 is 0. The number of rotatable bonds is 8. The minimum absolute atomic E-state index is 0.00262. The predicted molar refractivity (Wildman–Crippen MR) is 98.1 cm³/mol. The average molecular weight is 329 g/mol. The van der Waals surface area contributed by atoms with Crippen molar-refractivity contribution in [3.05, 3.63) is 11.9 Å². The highest BCUT2D eigenvalue weighted by Gasteiger charge is 2.20. The van der Waals surface area contributed by atoms with Gasteiger partial charge in [0.15, 0.2) is 0 Å². The van der Waals surface area contributed by atoms with E-state index in [9.17, 15) is 0 Å². The van der Waals surface area contributed by atoms with Crippen molar-refractivity contribution in [1.29, 1.82) is 0 Å². The number of hydrogen-bond acceptors (Lipinski definition) is 2. The molecule has 0 aromatic carbocycles. The Morgan fingerprint density at radius 3 is 1.76 bits per heavy atom. The number of aromatic nitrogens is 3. The van der Waals surface area contributed by atoms with E-state index in [-0.39, 0.29) is 15.8 Å². The van der Waals surface area contributed by atoms with Gasteiger partial charge in [0.05, 0.1) is 12.0 Å². The highest BCUT2D eigenvalue weighted by Crippen LogP contribution is 2.49. The molecule has 122 valence electrons. The van der Waals surface area contributed by atoms with Crippen molar-refractivity contribution in [2.45, 2.75) is 90.5 Å². The van der Waals surface area contributed by atoms with Crippen molar-refractivity contribution in [2.24, 2.45) is 0 Å². The summed E-state index contributed by atoms with van der Waals surface area (Å²) in [6, 6.07) is 0. The summed E-state index contributed by atoms with van der Waals surface area (Å²) in [4.78, 5) is 0. The zero-order valence-electron chi connectivity index (χ0n) is 15.0. The summed E-state index contributed by atoms with van der Waals surface area (Å²) in [6.45, 7) is 18.7. The largest absolute Gasteiger partial charge is 0.248 e. The summed E-state index contributed by atoms with van der Waals surface area (Å²) in [5.74, 6) is 0. The molecule has 5 heteroatoms. The van der Waals surface area contributed by atoms with Gasteiger partial charge in [-0.3, -0.25) is 0 Å². The van der Waals surface area contributed by atoms with Gasteiger partial charge in [0.1, 0.15) is 0 Å². The lowest BCUT2D eigenvalue weighted by Gasteiger charge is -2.25. The van der Waals surface area contributed by atoms with Crippen molar-refractivity contribution >= 4 is 15.8 Å². The first kappa shape index (κ1) is 19.0. The summed E-state index contributed by atoms with van der Waals surface area (Å²) in [7, 11) is -0.0185. The van der Waals surface area contributed by atoms with Crippen molar-refractivity contribution in [3.63, 3.8) is 0 Å². The van der Waals surface area contributed by atoms with E-state index in [4.69, 9.17) is 0 Å². The maximum atomic E-state index is 4.43. The molecule has 1 rings (SSSR count). The molecule has 0 amide bonds. The zero-order valence-corrected chi connectivity index (χ0v) is 16.8. The molecule has 0 N–H and O–H groups in total. The quantitative estimate of drug-likeness (QED) is 0.603. The standard InChI is InChI=1S/C16H33N3P2/c1-12(2)20(13(3)4)10-16-9-19(18-17-16)11-21(14(5)6)15(7)8/h9,12-15H,10-11H2,1-8H3. The topological polar surface area (TPSA) is 30.7 Å². The minimum atomic E-state index is -0.0211. The van der Waals surface area contributed by atoms with Crippen molar-refractivity contribution in [3.8, 4) is 0 Å². The van der Waals surface area contributed by atoms with Gasteiger partial charge in [0, 0.05) is 12.4 Å². The maximum Gasteiger partial charge on any atom is 0.0870 e. The summed E-state index contributed by atoms with van der Waals surface area (Å²) < 4.78 is 2.09. The van der Waals surface area contributed by atoms with Crippen LogP contribution >= 0.6 is 15.8 Å². The molecule has 0 aliphatic carbocycles. The van der Waals surface area contributed by atoms with Crippen molar-refractivity contribution < 1.29 is 0 Å². The number of nitrogens with zero attached hydrogens (tertiary/aromatic N) is 3. The van der Waals surface area contributed by atoms with E-state index in [0.717, 1.165) is 35.1 Å². The van der Waals surface area contributed by atoms with E-state index in [0.29, 0.717) is 0 Å². The van der Waals surface area contributed by atoms with E-state index < -0.39 is 0 Å². The maximum absolute atomic E-state index is 4.43. The SMILES string of the molecule is CC(C)P(Cc1cn(CP(C(C)C)C(C)C)nn1)C(C)C. The van der Waals surface area contributed by atoms with E-state index in [2.05, 4.69) is 76.6 Å². The fourth-order valence-corrected chi connectivity index (χ4v) is 7.48. The Morgan fingerprint density at radius 1 is 0.857 bits per heavy atom. The Labute approximate surface area is 133 Å². The first-order valence-corrected chi connectivity index (χ1v) is 11.5. The normalized spacial score (nSPS) is 12.9. The third kappa shape index (κ3) is 5.95. The van der Waals surface area contributed by atoms with E-state index in [1.165, 1.54) is 5.69 Å². The average Bonchev–Trinajstić information content (AvgIpc) is 2.79. The Bertz CT molecular complexity index is 361. The monoisotopic (exact) mass is 329 g/mol. The first-order valence-electron chi connectivity index (χ1n) is 8.12. The predicted octanol–water partition coefficient (Wildman–Crippen LogP) is 5.33. The van der Waals surface area contributed by atoms with Gasteiger partial charge in [-0.1, -0.05) is 76.4 Å². The molecular formula is C16H33N3P2. The van der Waals surface area contributed by atoms with Crippen molar-refractivity contribution in [1.82, 2.24) is 15.0 Å². The molecule has 0 aliphatic rings. The van der Waals surface area contributed by atoms with Gasteiger partial charge in [-0.05, 0) is 22.6 Å². The van der Waals surface area contributed by atoms with Gasteiger partial charge in [-0.15, -0.1) is 5.10 Å². The molecular weight excluding hydrogens is 296 g/mol. The van der Waals surface area contributed by atoms with Crippen molar-refractivity contribution in [2.75, 3.05) is 0 Å². The lowest BCUT2D eigenvalue weighted by atomic mass is 10.5. The van der Waals surface area contributed by atoms with Crippen LogP contribution in [-0.4, -0.2) is 37.6 Å². The highest BCUT2D eigenvalue weighted by atomic mass is 31.1. The molecule has 0 saturated heterocycles. The summed E-state index contributed by atoms with van der Waals surface area (Å²) in [6.07, 6.45) is 4.37. The Morgan fingerprint density at radius 2 is 1.33 bits per heavy atom. The van der Waals surface area contributed by atoms with Gasteiger partial charge in [-0.25, -0.2) is 4.68 Å². The molecule has 0 fully saturated rings. The van der Waals surface area contributed by atoms with Crippen LogP contribution in [0, 0.1) is 0 Å². The van der Waals surface area contributed by atoms with Crippen LogP contribution in [0.1, 0.15) is 61.1 Å². The molecule has 21 heavy (non-hydrogen) atoms. The van der Waals surface area contributed by atoms with Gasteiger partial charge >= 0.3 is 0 Å². The van der Waals surface area contributed by atoms with Crippen LogP contribution < -0.4 is 0 Å². The minimum Gasteiger partial charge on any atom is -0.248 e. The summed E-state index contributed by atoms with van der Waals surface area (Å²) in [5, 5.41) is 8.82. The Hall–Kier alpha value is -0.0000000000000000555. The van der Waals surface area contributed by atoms with Gasteiger partial charge in [0.2, 0.25) is 0 Å². The molecule has 3 nitrogen and oxygen atoms in total. The van der Waals surface area contributed by atoms with E-state index in [1.807, 2.05) is 0 Å². The zero-order chi connectivity index (χ0) is 16.2. The first-order chi connectivity index (χ1) is 9.72. The van der Waals surface area contributed by atoms with Crippen LogP contribution in [0.4, 0.5) is 0 Å². The van der Waals surface area contributed by atoms with Crippen LogP contribution in [0.25, 0.3) is 0 Å². The molecule has 1 aromatic heterocycles. The smallest absolute Gasteiger partial charge is 0.0870 e. The molecule has 0 radical (unpaired) electrons. The molecule has 0 spiro atoms. The van der Waals surface area contributed by atoms with E-state index in [1.54, 1.807) is 0 Å². The molecule has 0 saturated carbocycles. The van der Waals surface area contributed by atoms with Gasteiger partial charge < -0.3 is 0 Å². The van der Waals surface area contributed by atoms with Crippen LogP contribution in [0.2, 0.25) is 0 Å². The third-order valence-corrected chi connectivity index (χ3v) is 10.5. The van der Waals surface area contributed by atoms with Crippen LogP contribution in [-0.2, 0) is 12.4 Å². The van der Waals surface area contributed by atoms with Crippen LogP contribution in [0.5, 0.6) is 0 Å². The molecule has 0 aliphatic heterocycles. The number of hydrogen-bond donors (Lipinski definition) is 0. The van der Waals surface area contributed by atoms with Crippen LogP contribution in [0.15, 0.2) is 6.20 Å². The van der Waals surface area contributed by atoms with Gasteiger partial charge in [-0.2, -0.15) is 0 Å². The molecule has 0 bridgehead atoms. The van der Waals surface area contributed by atoms with E-state index >= 15 is 0 Å². The van der Waals surface area contributed by atoms with Gasteiger partial charge in [0.25, 0.3) is 0 Å². The second kappa shape index (κ2) is 8.59. The molecule has 0 atom stereocenters. The van der Waals surface area contributed by atoms with Crippen LogP contribution in [0.3, 0.4) is 0 Å². The summed E-state index contributed by atoms with van der Waals surface area (Å²) in [5.41, 5.74) is 4.19. The highest BCUT2D eigenvalue weighted by molar-refractivity contribution is 7.58. The molecule has 1 heterocycles.